The molecule has 1 fully saturated rings. The summed E-state index contributed by atoms with van der Waals surface area (Å²) >= 11 is 1.61. The minimum atomic E-state index is -0.250. The number of carbonyl (C=O) groups is 1. The van der Waals surface area contributed by atoms with Crippen LogP contribution >= 0.6 is 35.7 Å². The third-order valence-electron chi connectivity index (χ3n) is 3.83. The molecule has 3 N–H and O–H groups in total. The lowest BCUT2D eigenvalue weighted by Gasteiger charge is -2.31. The molecule has 0 bridgehead atoms. The number of rotatable bonds is 6. The van der Waals surface area contributed by atoms with Gasteiger partial charge in [0.1, 0.15) is 5.82 Å². The van der Waals surface area contributed by atoms with E-state index < -0.39 is 0 Å². The normalized spacial score (nSPS) is 15.3. The number of hydrogen-bond donors (Lipinski definition) is 2. The Morgan fingerprint density at radius 3 is 2.65 bits per heavy atom. The van der Waals surface area contributed by atoms with Crippen molar-refractivity contribution in [1.29, 1.82) is 0 Å². The van der Waals surface area contributed by atoms with Crippen molar-refractivity contribution in [3.63, 3.8) is 0 Å². The Kier molecular flexibility index (Phi) is 10.7. The van der Waals surface area contributed by atoms with Gasteiger partial charge in [0.25, 0.3) is 0 Å². The second kappa shape index (κ2) is 12.2. The number of thioether (sulfide) groups is 1. The molecule has 1 aliphatic rings. The van der Waals surface area contributed by atoms with Crippen LogP contribution in [-0.2, 0) is 4.74 Å². The number of nitrogens with two attached hydrogens (primary N) is 1. The maximum Gasteiger partial charge on any atom is 0.409 e. The smallest absolute Gasteiger partial charge is 0.409 e. The first kappa shape index (κ1) is 22.8. The number of likely N-dealkylation sites (tertiary alicyclic amines) is 1. The lowest BCUT2D eigenvalue weighted by molar-refractivity contribution is 0.0963. The fraction of sp³-hybridized carbons (Fsp3) is 0.529. The molecular formula is C17H26FIN4O2S. The highest BCUT2D eigenvalue weighted by Gasteiger charge is 2.23. The molecule has 26 heavy (non-hydrogen) atoms. The van der Waals surface area contributed by atoms with E-state index >= 15 is 0 Å². The van der Waals surface area contributed by atoms with Crippen molar-refractivity contribution in [2.75, 3.05) is 32.0 Å². The first-order valence-electron chi connectivity index (χ1n) is 8.45. The summed E-state index contributed by atoms with van der Waals surface area (Å²) in [4.78, 5) is 18.7. The van der Waals surface area contributed by atoms with Crippen molar-refractivity contribution in [3.8, 4) is 0 Å². The van der Waals surface area contributed by atoms with Crippen molar-refractivity contribution in [3.05, 3.63) is 30.1 Å². The Hall–Kier alpha value is -1.23. The number of nitrogens with one attached hydrogen (secondary N) is 1. The van der Waals surface area contributed by atoms with E-state index in [-0.39, 0.29) is 41.9 Å². The van der Waals surface area contributed by atoms with Crippen LogP contribution in [0.5, 0.6) is 0 Å². The standard InChI is InChI=1S/C17H25FN4O2S.HI/c1-2-24-17(23)22-10-7-14(8-11-22)21-16(19)20-9-12-25-15-5-3-13(18)4-6-15;/h3-6,14H,2,7-12H2,1H3,(H3,19,20,21);1H. The van der Waals surface area contributed by atoms with Crippen molar-refractivity contribution >= 4 is 47.8 Å². The summed E-state index contributed by atoms with van der Waals surface area (Å²) in [5, 5.41) is 3.21. The first-order valence-corrected chi connectivity index (χ1v) is 9.43. The summed E-state index contributed by atoms with van der Waals surface area (Å²) in [6.07, 6.45) is 1.39. The van der Waals surface area contributed by atoms with Crippen LogP contribution in [0.15, 0.2) is 34.2 Å². The van der Waals surface area contributed by atoms with Gasteiger partial charge < -0.3 is 20.7 Å². The third-order valence-corrected chi connectivity index (χ3v) is 4.82. The Morgan fingerprint density at radius 2 is 2.04 bits per heavy atom. The quantitative estimate of drug-likeness (QED) is 0.208. The number of benzene rings is 1. The molecule has 0 aliphatic carbocycles. The molecule has 0 spiro atoms. The zero-order chi connectivity index (χ0) is 18.1. The van der Waals surface area contributed by atoms with Gasteiger partial charge in [0, 0.05) is 29.8 Å². The predicted octanol–water partition coefficient (Wildman–Crippen LogP) is 3.06. The molecule has 0 radical (unpaired) electrons. The minimum Gasteiger partial charge on any atom is -0.450 e. The SMILES string of the molecule is CCOC(=O)N1CCC(NC(N)=NCCSc2ccc(F)cc2)CC1.I. The molecule has 1 heterocycles. The number of nitrogens with zero attached hydrogens (tertiary/aromatic N) is 2. The summed E-state index contributed by atoms with van der Waals surface area (Å²) in [5.41, 5.74) is 5.92. The van der Waals surface area contributed by atoms with Crippen molar-refractivity contribution in [2.45, 2.75) is 30.7 Å². The molecule has 1 aromatic rings. The highest BCUT2D eigenvalue weighted by Crippen LogP contribution is 2.17. The van der Waals surface area contributed by atoms with Gasteiger partial charge in [-0.3, -0.25) is 4.99 Å². The molecule has 0 aromatic heterocycles. The molecule has 146 valence electrons. The van der Waals surface area contributed by atoms with E-state index in [0.717, 1.165) is 23.5 Å². The minimum absolute atomic E-state index is 0. The Morgan fingerprint density at radius 1 is 1.38 bits per heavy atom. The molecule has 6 nitrogen and oxygen atoms in total. The van der Waals surface area contributed by atoms with Gasteiger partial charge >= 0.3 is 6.09 Å². The number of hydrogen-bond acceptors (Lipinski definition) is 4. The fourth-order valence-corrected chi connectivity index (χ4v) is 3.28. The van der Waals surface area contributed by atoms with E-state index in [1.807, 2.05) is 0 Å². The van der Waals surface area contributed by atoms with Crippen molar-refractivity contribution < 1.29 is 13.9 Å². The average molecular weight is 496 g/mol. The number of guanidine groups is 1. The second-order valence-electron chi connectivity index (χ2n) is 5.67. The van der Waals surface area contributed by atoms with Gasteiger partial charge in [-0.1, -0.05) is 0 Å². The van der Waals surface area contributed by atoms with E-state index in [4.69, 9.17) is 10.5 Å². The lowest BCUT2D eigenvalue weighted by Crippen LogP contribution is -2.48. The van der Waals surface area contributed by atoms with Gasteiger partial charge in [0.05, 0.1) is 13.2 Å². The number of carbonyl (C=O) groups excluding carboxylic acids is 1. The van der Waals surface area contributed by atoms with Crippen LogP contribution in [0.4, 0.5) is 9.18 Å². The van der Waals surface area contributed by atoms with E-state index in [2.05, 4.69) is 10.3 Å². The Labute approximate surface area is 175 Å². The molecular weight excluding hydrogens is 470 g/mol. The molecule has 1 aliphatic heterocycles. The van der Waals surface area contributed by atoms with Crippen LogP contribution in [0.25, 0.3) is 0 Å². The fourth-order valence-electron chi connectivity index (χ4n) is 2.54. The number of aliphatic imine (C=N–C) groups is 1. The summed E-state index contributed by atoms with van der Waals surface area (Å²) < 4.78 is 17.8. The van der Waals surface area contributed by atoms with Gasteiger partial charge in [-0.05, 0) is 44.0 Å². The summed E-state index contributed by atoms with van der Waals surface area (Å²) in [5.74, 6) is 0.967. The Bertz CT molecular complexity index is 581. The van der Waals surface area contributed by atoms with Gasteiger partial charge in [0.15, 0.2) is 5.96 Å². The molecule has 1 aromatic carbocycles. The summed E-state index contributed by atoms with van der Waals surface area (Å²) in [6.45, 7) is 4.10. The van der Waals surface area contributed by atoms with Crippen molar-refractivity contribution in [2.24, 2.45) is 10.7 Å². The van der Waals surface area contributed by atoms with Gasteiger partial charge in [0.2, 0.25) is 0 Å². The zero-order valence-corrected chi connectivity index (χ0v) is 18.0. The first-order chi connectivity index (χ1) is 12.1. The topological polar surface area (TPSA) is 80.0 Å². The predicted molar refractivity (Wildman–Crippen MR) is 114 cm³/mol. The molecule has 1 saturated heterocycles. The summed E-state index contributed by atoms with van der Waals surface area (Å²) in [7, 11) is 0. The molecule has 1 amide bonds. The molecule has 0 atom stereocenters. The lowest BCUT2D eigenvalue weighted by atomic mass is 10.1. The van der Waals surface area contributed by atoms with Crippen LogP contribution in [0.1, 0.15) is 19.8 Å². The maximum atomic E-state index is 12.8. The molecule has 0 unspecified atom stereocenters. The van der Waals surface area contributed by atoms with Gasteiger partial charge in [-0.15, -0.1) is 35.7 Å². The largest absolute Gasteiger partial charge is 0.450 e. The molecule has 9 heteroatoms. The van der Waals surface area contributed by atoms with E-state index in [1.54, 1.807) is 35.7 Å². The Balaban J connectivity index is 0.00000338. The van der Waals surface area contributed by atoms with E-state index in [9.17, 15) is 9.18 Å². The number of halogens is 2. The average Bonchev–Trinajstić information content (AvgIpc) is 2.61. The highest BCUT2D eigenvalue weighted by molar-refractivity contribution is 14.0. The van der Waals surface area contributed by atoms with Crippen LogP contribution in [0.2, 0.25) is 0 Å². The van der Waals surface area contributed by atoms with Gasteiger partial charge in [-0.2, -0.15) is 0 Å². The number of piperidine rings is 1. The number of ether oxygens (including phenoxy) is 1. The van der Waals surface area contributed by atoms with Gasteiger partial charge in [-0.25, -0.2) is 9.18 Å². The monoisotopic (exact) mass is 496 g/mol. The number of amides is 1. The van der Waals surface area contributed by atoms with Crippen LogP contribution < -0.4 is 11.1 Å². The van der Waals surface area contributed by atoms with E-state index in [0.29, 0.717) is 32.2 Å². The maximum absolute atomic E-state index is 12.8. The molecule has 2 rings (SSSR count). The van der Waals surface area contributed by atoms with E-state index in [1.165, 1.54) is 12.1 Å². The van der Waals surface area contributed by atoms with Crippen molar-refractivity contribution in [1.82, 2.24) is 10.2 Å². The second-order valence-corrected chi connectivity index (χ2v) is 6.84. The van der Waals surface area contributed by atoms with Crippen LogP contribution in [0.3, 0.4) is 0 Å². The van der Waals surface area contributed by atoms with Crippen LogP contribution in [-0.4, -0.2) is 55.0 Å². The highest BCUT2D eigenvalue weighted by atomic mass is 127. The zero-order valence-electron chi connectivity index (χ0n) is 14.8. The molecule has 0 saturated carbocycles. The van der Waals surface area contributed by atoms with Crippen LogP contribution in [0, 0.1) is 5.82 Å². The summed E-state index contributed by atoms with van der Waals surface area (Å²) in [6, 6.07) is 6.62. The third kappa shape index (κ3) is 7.98.